The van der Waals surface area contributed by atoms with E-state index in [9.17, 15) is 0 Å². The van der Waals surface area contributed by atoms with Crippen LogP contribution in [0.25, 0.3) is 0 Å². The van der Waals surface area contributed by atoms with E-state index >= 15 is 0 Å². The number of nitrogens with one attached hydrogen (secondary N) is 1. The van der Waals surface area contributed by atoms with Crippen molar-refractivity contribution in [3.8, 4) is 0 Å². The van der Waals surface area contributed by atoms with Crippen molar-refractivity contribution >= 4 is 0 Å². The van der Waals surface area contributed by atoms with Crippen LogP contribution >= 0.6 is 0 Å². The molecule has 2 rings (SSSR count). The summed E-state index contributed by atoms with van der Waals surface area (Å²) in [6.07, 6.45) is 4.04. The van der Waals surface area contributed by atoms with E-state index in [0.717, 1.165) is 12.5 Å². The van der Waals surface area contributed by atoms with E-state index in [2.05, 4.69) is 57.3 Å². The highest BCUT2D eigenvalue weighted by molar-refractivity contribution is 5.36. The Hall–Kier alpha value is -0.820. The summed E-state index contributed by atoms with van der Waals surface area (Å²) in [6.45, 7) is 10.2. The highest BCUT2D eigenvalue weighted by Gasteiger charge is 2.44. The molecular formula is C17H27N. The van der Waals surface area contributed by atoms with Gasteiger partial charge in [0, 0.05) is 18.0 Å². The quantitative estimate of drug-likeness (QED) is 0.825. The smallest absolute Gasteiger partial charge is 0.00857 e. The Bertz CT molecular complexity index is 388. The first-order valence-corrected chi connectivity index (χ1v) is 7.37. The molecule has 0 bridgehead atoms. The van der Waals surface area contributed by atoms with Crippen molar-refractivity contribution in [2.45, 2.75) is 58.4 Å². The zero-order valence-corrected chi connectivity index (χ0v) is 12.3. The van der Waals surface area contributed by atoms with Crippen LogP contribution in [0, 0.1) is 12.8 Å². The normalized spacial score (nSPS) is 27.3. The van der Waals surface area contributed by atoms with Crippen molar-refractivity contribution < 1.29 is 0 Å². The van der Waals surface area contributed by atoms with Crippen LogP contribution in [-0.2, 0) is 5.41 Å². The maximum atomic E-state index is 3.66. The van der Waals surface area contributed by atoms with Crippen molar-refractivity contribution in [2.75, 3.05) is 6.54 Å². The number of rotatable bonds is 5. The number of hydrogen-bond acceptors (Lipinski definition) is 1. The second kappa shape index (κ2) is 5.44. The molecule has 1 fully saturated rings. The van der Waals surface area contributed by atoms with Gasteiger partial charge in [0.05, 0.1) is 0 Å². The zero-order valence-electron chi connectivity index (χ0n) is 12.3. The first kappa shape index (κ1) is 13.6. The van der Waals surface area contributed by atoms with E-state index in [-0.39, 0.29) is 0 Å². The minimum Gasteiger partial charge on any atom is -0.314 e. The summed E-state index contributed by atoms with van der Waals surface area (Å²) in [5.74, 6) is 0.929. The first-order chi connectivity index (χ1) is 8.57. The van der Waals surface area contributed by atoms with Crippen molar-refractivity contribution in [1.29, 1.82) is 0 Å². The summed E-state index contributed by atoms with van der Waals surface area (Å²) in [6, 6.07) is 9.51. The number of benzene rings is 1. The van der Waals surface area contributed by atoms with Gasteiger partial charge in [0.1, 0.15) is 0 Å². The topological polar surface area (TPSA) is 12.0 Å². The fourth-order valence-corrected chi connectivity index (χ4v) is 3.36. The van der Waals surface area contributed by atoms with Crippen molar-refractivity contribution in [1.82, 2.24) is 5.32 Å². The largest absolute Gasteiger partial charge is 0.314 e. The Morgan fingerprint density at radius 2 is 1.94 bits per heavy atom. The molecule has 0 radical (unpaired) electrons. The molecule has 0 atom stereocenters. The molecule has 1 aromatic carbocycles. The predicted molar refractivity (Wildman–Crippen MR) is 79.0 cm³/mol. The van der Waals surface area contributed by atoms with Crippen LogP contribution in [0.2, 0.25) is 0 Å². The Kier molecular flexibility index (Phi) is 4.11. The van der Waals surface area contributed by atoms with Crippen LogP contribution in [0.3, 0.4) is 0 Å². The minimum atomic E-state index is 0.399. The van der Waals surface area contributed by atoms with Crippen LogP contribution < -0.4 is 5.32 Å². The summed E-state index contributed by atoms with van der Waals surface area (Å²) in [4.78, 5) is 0. The van der Waals surface area contributed by atoms with Gasteiger partial charge in [-0.1, -0.05) is 51.5 Å². The molecule has 1 N–H and O–H groups in total. The number of hydrogen-bond donors (Lipinski definition) is 1. The summed E-state index contributed by atoms with van der Waals surface area (Å²) >= 11 is 0. The van der Waals surface area contributed by atoms with Crippen LogP contribution in [0.5, 0.6) is 0 Å². The molecule has 100 valence electrons. The Morgan fingerprint density at radius 3 is 2.50 bits per heavy atom. The van der Waals surface area contributed by atoms with Gasteiger partial charge in [-0.25, -0.2) is 0 Å². The molecule has 0 unspecified atom stereocenters. The summed E-state index contributed by atoms with van der Waals surface area (Å²) in [7, 11) is 0. The highest BCUT2D eigenvalue weighted by atomic mass is 14.9. The van der Waals surface area contributed by atoms with Crippen LogP contribution in [0.4, 0.5) is 0 Å². The van der Waals surface area contributed by atoms with Crippen molar-refractivity contribution in [3.63, 3.8) is 0 Å². The van der Waals surface area contributed by atoms with Gasteiger partial charge in [0.15, 0.2) is 0 Å². The fourth-order valence-electron chi connectivity index (χ4n) is 3.36. The molecule has 0 amide bonds. The molecule has 1 nitrogen and oxygen atoms in total. The predicted octanol–water partition coefficient (Wildman–Crippen LogP) is 4.05. The molecule has 1 saturated carbocycles. The van der Waals surface area contributed by atoms with Gasteiger partial charge in [-0.05, 0) is 36.8 Å². The zero-order chi connectivity index (χ0) is 13.2. The molecule has 1 aromatic rings. The van der Waals surface area contributed by atoms with Crippen LogP contribution in [-0.4, -0.2) is 12.6 Å². The first-order valence-electron chi connectivity index (χ1n) is 7.37. The Morgan fingerprint density at radius 1 is 1.28 bits per heavy atom. The summed E-state index contributed by atoms with van der Waals surface area (Å²) in [5, 5.41) is 3.66. The minimum absolute atomic E-state index is 0.399. The lowest BCUT2D eigenvalue weighted by atomic mass is 9.57. The van der Waals surface area contributed by atoms with Gasteiger partial charge in [-0.2, -0.15) is 0 Å². The molecule has 0 heterocycles. The lowest BCUT2D eigenvalue weighted by Gasteiger charge is -2.49. The molecule has 1 heteroatoms. The van der Waals surface area contributed by atoms with E-state index in [1.54, 1.807) is 5.56 Å². The summed E-state index contributed by atoms with van der Waals surface area (Å²) < 4.78 is 0. The third-order valence-electron chi connectivity index (χ3n) is 4.50. The summed E-state index contributed by atoms with van der Waals surface area (Å²) in [5.41, 5.74) is 3.43. The van der Waals surface area contributed by atoms with E-state index in [1.165, 1.54) is 24.8 Å². The molecule has 0 aromatic heterocycles. The monoisotopic (exact) mass is 245 g/mol. The van der Waals surface area contributed by atoms with Crippen molar-refractivity contribution in [3.05, 3.63) is 35.4 Å². The molecular weight excluding hydrogens is 218 g/mol. The molecule has 18 heavy (non-hydrogen) atoms. The second-order valence-corrected chi connectivity index (χ2v) is 6.31. The van der Waals surface area contributed by atoms with E-state index in [1.807, 2.05) is 0 Å². The van der Waals surface area contributed by atoms with Gasteiger partial charge in [-0.15, -0.1) is 0 Å². The molecule has 0 spiro atoms. The van der Waals surface area contributed by atoms with Crippen molar-refractivity contribution in [2.24, 2.45) is 5.92 Å². The van der Waals surface area contributed by atoms with Gasteiger partial charge in [0.2, 0.25) is 0 Å². The van der Waals surface area contributed by atoms with Gasteiger partial charge >= 0.3 is 0 Å². The van der Waals surface area contributed by atoms with E-state index in [0.29, 0.717) is 11.5 Å². The Labute approximate surface area is 112 Å². The third-order valence-corrected chi connectivity index (χ3v) is 4.50. The second-order valence-electron chi connectivity index (χ2n) is 6.31. The maximum absolute atomic E-state index is 3.66. The molecule has 0 aliphatic heterocycles. The maximum Gasteiger partial charge on any atom is 0.00857 e. The lowest BCUT2D eigenvalue weighted by Crippen LogP contribution is -2.50. The molecule has 1 aliphatic carbocycles. The fraction of sp³-hybridized carbons (Fsp3) is 0.647. The standard InChI is InChI=1S/C17H27N/c1-5-15-10-17(11-15,12-18-13(2)3)16-9-7-6-8-14(16)4/h6-9,13,15,18H,5,10-12H2,1-4H3. The van der Waals surface area contributed by atoms with Gasteiger partial charge in [0.25, 0.3) is 0 Å². The van der Waals surface area contributed by atoms with Gasteiger partial charge in [-0.3, -0.25) is 0 Å². The number of aryl methyl sites for hydroxylation is 1. The third kappa shape index (κ3) is 2.61. The average Bonchev–Trinajstić information content (AvgIpc) is 2.29. The lowest BCUT2D eigenvalue weighted by molar-refractivity contribution is 0.130. The Balaban J connectivity index is 2.19. The average molecular weight is 245 g/mol. The van der Waals surface area contributed by atoms with Crippen LogP contribution in [0.15, 0.2) is 24.3 Å². The molecule has 1 aliphatic rings. The van der Waals surface area contributed by atoms with E-state index in [4.69, 9.17) is 0 Å². The molecule has 0 saturated heterocycles. The van der Waals surface area contributed by atoms with Gasteiger partial charge < -0.3 is 5.32 Å². The SMILES string of the molecule is CCC1CC(CNC(C)C)(c2ccccc2C)C1. The van der Waals surface area contributed by atoms with E-state index < -0.39 is 0 Å². The highest BCUT2D eigenvalue weighted by Crippen LogP contribution is 2.49. The van der Waals surface area contributed by atoms with Crippen LogP contribution in [0.1, 0.15) is 51.2 Å².